The van der Waals surface area contributed by atoms with Gasteiger partial charge in [-0.1, -0.05) is 25.5 Å². The molecule has 0 saturated carbocycles. The zero-order valence-electron chi connectivity index (χ0n) is 10.9. The number of halogens is 1. The molecular weight excluding hydrogens is 233 g/mol. The van der Waals surface area contributed by atoms with Gasteiger partial charge >= 0.3 is 0 Å². The van der Waals surface area contributed by atoms with Gasteiger partial charge in [0.15, 0.2) is 0 Å². The predicted molar refractivity (Wildman–Crippen MR) is 69.9 cm³/mol. The maximum absolute atomic E-state index is 12.7. The quantitative estimate of drug-likeness (QED) is 0.690. The molecule has 0 fully saturated rings. The van der Waals surface area contributed by atoms with Gasteiger partial charge in [0.2, 0.25) is 0 Å². The number of hydrogen-bond acceptors (Lipinski definition) is 3. The molecule has 1 atom stereocenters. The summed E-state index contributed by atoms with van der Waals surface area (Å²) in [5, 5.41) is 0. The summed E-state index contributed by atoms with van der Waals surface area (Å²) in [4.78, 5) is 0. The molecule has 0 radical (unpaired) electrons. The summed E-state index contributed by atoms with van der Waals surface area (Å²) in [5.41, 5.74) is 6.80. The van der Waals surface area contributed by atoms with Crippen LogP contribution in [0.4, 0.5) is 4.39 Å². The van der Waals surface area contributed by atoms with Gasteiger partial charge in [0, 0.05) is 6.61 Å². The summed E-state index contributed by atoms with van der Waals surface area (Å²) < 4.78 is 23.5. The van der Waals surface area contributed by atoms with Crippen LogP contribution in [0.2, 0.25) is 0 Å². The Morgan fingerprint density at radius 3 is 2.44 bits per heavy atom. The highest BCUT2D eigenvalue weighted by Crippen LogP contribution is 2.11. The van der Waals surface area contributed by atoms with Crippen LogP contribution in [0.25, 0.3) is 0 Å². The van der Waals surface area contributed by atoms with Crippen molar-refractivity contribution in [1.29, 1.82) is 0 Å². The Morgan fingerprint density at radius 1 is 1.11 bits per heavy atom. The molecule has 18 heavy (non-hydrogen) atoms. The van der Waals surface area contributed by atoms with Crippen molar-refractivity contribution in [3.8, 4) is 0 Å². The van der Waals surface area contributed by atoms with Crippen molar-refractivity contribution in [2.45, 2.75) is 25.8 Å². The predicted octanol–water partition coefficient (Wildman–Crippen LogP) is 2.66. The van der Waals surface area contributed by atoms with Crippen LogP contribution in [0.15, 0.2) is 24.3 Å². The first-order chi connectivity index (χ1) is 8.74. The first-order valence-electron chi connectivity index (χ1n) is 6.40. The minimum absolute atomic E-state index is 0.221. The van der Waals surface area contributed by atoms with Crippen LogP contribution in [-0.2, 0) is 9.47 Å². The molecular formula is C14H22FNO2. The molecule has 0 spiro atoms. The molecule has 1 rings (SSSR count). The monoisotopic (exact) mass is 255 g/mol. The van der Waals surface area contributed by atoms with Crippen molar-refractivity contribution in [3.05, 3.63) is 35.6 Å². The summed E-state index contributed by atoms with van der Waals surface area (Å²) in [6.07, 6.45) is 2.21. The van der Waals surface area contributed by atoms with Gasteiger partial charge in [0.05, 0.1) is 25.9 Å². The molecule has 0 bridgehead atoms. The van der Waals surface area contributed by atoms with Gasteiger partial charge in [0.1, 0.15) is 5.82 Å². The average molecular weight is 255 g/mol. The highest BCUT2D eigenvalue weighted by Gasteiger charge is 2.05. The Balaban J connectivity index is 2.10. The summed E-state index contributed by atoms with van der Waals surface area (Å²) in [7, 11) is 0. The molecule has 0 aliphatic carbocycles. The van der Waals surface area contributed by atoms with Gasteiger partial charge in [-0.2, -0.15) is 0 Å². The topological polar surface area (TPSA) is 44.5 Å². The number of hydrogen-bond donors (Lipinski definition) is 1. The summed E-state index contributed by atoms with van der Waals surface area (Å²) in [6.45, 7) is 4.46. The van der Waals surface area contributed by atoms with Crippen LogP contribution in [0.5, 0.6) is 0 Å². The summed E-state index contributed by atoms with van der Waals surface area (Å²) in [5.74, 6) is -0.254. The van der Waals surface area contributed by atoms with E-state index in [9.17, 15) is 4.39 Å². The average Bonchev–Trinajstić information content (AvgIpc) is 2.38. The van der Waals surface area contributed by atoms with Crippen LogP contribution in [-0.4, -0.2) is 26.4 Å². The largest absolute Gasteiger partial charge is 0.379 e. The van der Waals surface area contributed by atoms with Crippen LogP contribution < -0.4 is 5.73 Å². The smallest absolute Gasteiger partial charge is 0.123 e. The van der Waals surface area contributed by atoms with Crippen LogP contribution in [0.3, 0.4) is 0 Å². The molecule has 2 N–H and O–H groups in total. The van der Waals surface area contributed by atoms with E-state index < -0.39 is 0 Å². The van der Waals surface area contributed by atoms with Crippen molar-refractivity contribution in [2.75, 3.05) is 26.4 Å². The second-order valence-electron chi connectivity index (χ2n) is 4.20. The molecule has 1 aromatic rings. The molecule has 1 unspecified atom stereocenters. The van der Waals surface area contributed by atoms with Gasteiger partial charge in [-0.15, -0.1) is 0 Å². The van der Waals surface area contributed by atoms with E-state index in [0.717, 1.165) is 25.0 Å². The third-order valence-corrected chi connectivity index (χ3v) is 2.61. The lowest BCUT2D eigenvalue weighted by atomic mass is 10.1. The molecule has 3 nitrogen and oxygen atoms in total. The van der Waals surface area contributed by atoms with E-state index in [-0.39, 0.29) is 11.9 Å². The molecule has 0 saturated heterocycles. The standard InChI is InChI=1S/C14H22FNO2/c1-2-3-8-17-9-10-18-11-14(16)12-4-6-13(15)7-5-12/h4-7,14H,2-3,8-11,16H2,1H3. The van der Waals surface area contributed by atoms with E-state index in [4.69, 9.17) is 15.2 Å². The lowest BCUT2D eigenvalue weighted by Crippen LogP contribution is -2.18. The Morgan fingerprint density at radius 2 is 1.78 bits per heavy atom. The van der Waals surface area contributed by atoms with E-state index in [2.05, 4.69) is 6.92 Å². The Labute approximate surface area is 108 Å². The maximum atomic E-state index is 12.7. The highest BCUT2D eigenvalue weighted by molar-refractivity contribution is 5.19. The van der Waals surface area contributed by atoms with E-state index in [0.29, 0.717) is 19.8 Å². The van der Waals surface area contributed by atoms with Crippen LogP contribution in [0, 0.1) is 5.82 Å². The van der Waals surface area contributed by atoms with Crippen molar-refractivity contribution in [2.24, 2.45) is 5.73 Å². The summed E-state index contributed by atoms with van der Waals surface area (Å²) >= 11 is 0. The van der Waals surface area contributed by atoms with E-state index in [1.54, 1.807) is 12.1 Å². The fraction of sp³-hybridized carbons (Fsp3) is 0.571. The minimum atomic E-state index is -0.254. The van der Waals surface area contributed by atoms with Crippen molar-refractivity contribution in [3.63, 3.8) is 0 Å². The van der Waals surface area contributed by atoms with Gasteiger partial charge in [-0.05, 0) is 24.1 Å². The van der Waals surface area contributed by atoms with E-state index in [1.807, 2.05) is 0 Å². The zero-order chi connectivity index (χ0) is 13.2. The molecule has 0 amide bonds. The lowest BCUT2D eigenvalue weighted by molar-refractivity contribution is 0.0416. The second-order valence-corrected chi connectivity index (χ2v) is 4.20. The summed E-state index contributed by atoms with van der Waals surface area (Å²) in [6, 6.07) is 5.95. The first kappa shape index (κ1) is 15.1. The molecule has 0 heterocycles. The molecule has 102 valence electrons. The normalized spacial score (nSPS) is 12.6. The van der Waals surface area contributed by atoms with Crippen molar-refractivity contribution < 1.29 is 13.9 Å². The number of unbranched alkanes of at least 4 members (excludes halogenated alkanes) is 1. The third kappa shape index (κ3) is 6.10. The molecule has 1 aromatic carbocycles. The maximum Gasteiger partial charge on any atom is 0.123 e. The Bertz CT molecular complexity index is 316. The Hall–Kier alpha value is -0.970. The molecule has 4 heteroatoms. The second kappa shape index (κ2) is 9.03. The zero-order valence-corrected chi connectivity index (χ0v) is 10.9. The fourth-order valence-corrected chi connectivity index (χ4v) is 1.48. The van der Waals surface area contributed by atoms with Gasteiger partial charge in [-0.3, -0.25) is 0 Å². The third-order valence-electron chi connectivity index (χ3n) is 2.61. The highest BCUT2D eigenvalue weighted by atomic mass is 19.1. The van der Waals surface area contributed by atoms with Gasteiger partial charge in [0.25, 0.3) is 0 Å². The van der Waals surface area contributed by atoms with Gasteiger partial charge in [-0.25, -0.2) is 4.39 Å². The fourth-order valence-electron chi connectivity index (χ4n) is 1.48. The van der Waals surface area contributed by atoms with E-state index in [1.165, 1.54) is 12.1 Å². The molecule has 0 aliphatic heterocycles. The Kier molecular flexibility index (Phi) is 7.57. The van der Waals surface area contributed by atoms with Crippen LogP contribution >= 0.6 is 0 Å². The number of benzene rings is 1. The lowest BCUT2D eigenvalue weighted by Gasteiger charge is -2.12. The molecule has 0 aromatic heterocycles. The minimum Gasteiger partial charge on any atom is -0.379 e. The van der Waals surface area contributed by atoms with Crippen molar-refractivity contribution >= 4 is 0 Å². The van der Waals surface area contributed by atoms with Gasteiger partial charge < -0.3 is 15.2 Å². The first-order valence-corrected chi connectivity index (χ1v) is 6.40. The van der Waals surface area contributed by atoms with Crippen LogP contribution in [0.1, 0.15) is 31.4 Å². The number of nitrogens with two attached hydrogens (primary N) is 1. The molecule has 0 aliphatic rings. The number of ether oxygens (including phenoxy) is 2. The van der Waals surface area contributed by atoms with Crippen molar-refractivity contribution in [1.82, 2.24) is 0 Å². The van der Waals surface area contributed by atoms with E-state index >= 15 is 0 Å². The number of rotatable bonds is 9. The SMILES string of the molecule is CCCCOCCOCC(N)c1ccc(F)cc1.